The van der Waals surface area contributed by atoms with Gasteiger partial charge >= 0.3 is 5.97 Å². The third-order valence-corrected chi connectivity index (χ3v) is 1.54. The van der Waals surface area contributed by atoms with E-state index in [-0.39, 0.29) is 12.6 Å². The Morgan fingerprint density at radius 2 is 2.67 bits per heavy atom. The maximum absolute atomic E-state index is 11.1. The average Bonchev–Trinajstić information content (AvgIpc) is 2.15. The standard InChI is InChI=1S/C9H12O3/c1-2-6-12-9(10)8-5-3-4-7-11-8/h2,4,7-8H,1,3,5-6H2. The van der Waals surface area contributed by atoms with Gasteiger partial charge in [-0.25, -0.2) is 4.79 Å². The minimum absolute atomic E-state index is 0.252. The van der Waals surface area contributed by atoms with E-state index in [1.54, 1.807) is 6.26 Å². The van der Waals surface area contributed by atoms with E-state index in [1.807, 2.05) is 6.08 Å². The van der Waals surface area contributed by atoms with E-state index in [4.69, 9.17) is 9.47 Å². The third kappa shape index (κ3) is 2.42. The van der Waals surface area contributed by atoms with E-state index >= 15 is 0 Å². The summed E-state index contributed by atoms with van der Waals surface area (Å²) in [6.07, 6.45) is 6.12. The van der Waals surface area contributed by atoms with Gasteiger partial charge < -0.3 is 9.47 Å². The van der Waals surface area contributed by atoms with Gasteiger partial charge in [0.2, 0.25) is 0 Å². The lowest BCUT2D eigenvalue weighted by atomic mass is 10.2. The quantitative estimate of drug-likeness (QED) is 0.472. The van der Waals surface area contributed by atoms with Crippen molar-refractivity contribution in [2.75, 3.05) is 6.61 Å². The minimum Gasteiger partial charge on any atom is -0.487 e. The highest BCUT2D eigenvalue weighted by Gasteiger charge is 2.21. The van der Waals surface area contributed by atoms with Crippen molar-refractivity contribution < 1.29 is 14.3 Å². The second-order valence-electron chi connectivity index (χ2n) is 2.49. The van der Waals surface area contributed by atoms with Crippen molar-refractivity contribution in [3.63, 3.8) is 0 Å². The first kappa shape index (κ1) is 8.84. The van der Waals surface area contributed by atoms with Crippen LogP contribution in [0.2, 0.25) is 0 Å². The van der Waals surface area contributed by atoms with Crippen LogP contribution in [0.1, 0.15) is 12.8 Å². The molecule has 1 rings (SSSR count). The predicted octanol–water partition coefficient (Wildman–Crippen LogP) is 1.41. The van der Waals surface area contributed by atoms with E-state index in [1.165, 1.54) is 6.08 Å². The van der Waals surface area contributed by atoms with Crippen molar-refractivity contribution in [3.05, 3.63) is 25.0 Å². The molecule has 0 spiro atoms. The molecule has 1 unspecified atom stereocenters. The topological polar surface area (TPSA) is 35.5 Å². The number of esters is 1. The Kier molecular flexibility index (Phi) is 3.38. The van der Waals surface area contributed by atoms with Crippen LogP contribution >= 0.6 is 0 Å². The van der Waals surface area contributed by atoms with Crippen molar-refractivity contribution >= 4 is 5.97 Å². The highest BCUT2D eigenvalue weighted by Crippen LogP contribution is 2.11. The predicted molar refractivity (Wildman–Crippen MR) is 44.4 cm³/mol. The second-order valence-corrected chi connectivity index (χ2v) is 2.49. The highest BCUT2D eigenvalue weighted by atomic mass is 16.6. The van der Waals surface area contributed by atoms with Gasteiger partial charge in [0.15, 0.2) is 6.10 Å². The molecule has 1 atom stereocenters. The van der Waals surface area contributed by atoms with Crippen molar-refractivity contribution in [2.45, 2.75) is 18.9 Å². The van der Waals surface area contributed by atoms with Gasteiger partial charge in [0.05, 0.1) is 6.26 Å². The lowest BCUT2D eigenvalue weighted by molar-refractivity contribution is -0.153. The summed E-state index contributed by atoms with van der Waals surface area (Å²) in [5.41, 5.74) is 0. The normalized spacial score (nSPS) is 21.2. The maximum atomic E-state index is 11.1. The second kappa shape index (κ2) is 4.59. The van der Waals surface area contributed by atoms with Gasteiger partial charge in [-0.15, -0.1) is 0 Å². The summed E-state index contributed by atoms with van der Waals surface area (Å²) in [5, 5.41) is 0. The fourth-order valence-corrected chi connectivity index (χ4v) is 0.941. The van der Waals surface area contributed by atoms with Gasteiger partial charge in [0.25, 0.3) is 0 Å². The van der Waals surface area contributed by atoms with Crippen LogP contribution in [0.15, 0.2) is 25.0 Å². The number of ether oxygens (including phenoxy) is 2. The Balaban J connectivity index is 2.31. The first-order valence-electron chi connectivity index (χ1n) is 3.92. The maximum Gasteiger partial charge on any atom is 0.347 e. The zero-order valence-corrected chi connectivity index (χ0v) is 6.86. The zero-order valence-electron chi connectivity index (χ0n) is 6.86. The van der Waals surface area contributed by atoms with Gasteiger partial charge in [0.1, 0.15) is 6.61 Å². The molecule has 3 heteroatoms. The molecular formula is C9H12O3. The zero-order chi connectivity index (χ0) is 8.81. The van der Waals surface area contributed by atoms with Crippen molar-refractivity contribution in [2.24, 2.45) is 0 Å². The Labute approximate surface area is 71.7 Å². The first-order chi connectivity index (χ1) is 5.84. The van der Waals surface area contributed by atoms with Gasteiger partial charge in [-0.2, -0.15) is 0 Å². The Hall–Kier alpha value is -1.25. The fourth-order valence-electron chi connectivity index (χ4n) is 0.941. The van der Waals surface area contributed by atoms with Crippen LogP contribution in [-0.4, -0.2) is 18.7 Å². The number of rotatable bonds is 3. The molecule has 66 valence electrons. The van der Waals surface area contributed by atoms with E-state index in [2.05, 4.69) is 6.58 Å². The fraction of sp³-hybridized carbons (Fsp3) is 0.444. The Morgan fingerprint density at radius 1 is 1.83 bits per heavy atom. The first-order valence-corrected chi connectivity index (χ1v) is 3.92. The van der Waals surface area contributed by atoms with Gasteiger partial charge in [-0.3, -0.25) is 0 Å². The number of carbonyl (C=O) groups is 1. The van der Waals surface area contributed by atoms with E-state index in [0.29, 0.717) is 6.42 Å². The SMILES string of the molecule is C=CCOC(=O)C1CCC=CO1. The molecule has 0 aromatic carbocycles. The molecule has 0 aliphatic carbocycles. The number of carbonyl (C=O) groups excluding carboxylic acids is 1. The van der Waals surface area contributed by atoms with Crippen LogP contribution < -0.4 is 0 Å². The summed E-state index contributed by atoms with van der Waals surface area (Å²) in [6, 6.07) is 0. The average molecular weight is 168 g/mol. The lowest BCUT2D eigenvalue weighted by Gasteiger charge is -2.16. The summed E-state index contributed by atoms with van der Waals surface area (Å²) in [6.45, 7) is 3.70. The third-order valence-electron chi connectivity index (χ3n) is 1.54. The summed E-state index contributed by atoms with van der Waals surface area (Å²) in [4.78, 5) is 11.1. The molecule has 3 nitrogen and oxygen atoms in total. The lowest BCUT2D eigenvalue weighted by Crippen LogP contribution is -2.26. The molecular weight excluding hydrogens is 156 g/mol. The van der Waals surface area contributed by atoms with Crippen molar-refractivity contribution in [1.29, 1.82) is 0 Å². The molecule has 0 aromatic rings. The van der Waals surface area contributed by atoms with Crippen molar-refractivity contribution in [1.82, 2.24) is 0 Å². The number of hydrogen-bond donors (Lipinski definition) is 0. The number of allylic oxidation sites excluding steroid dienone is 1. The van der Waals surface area contributed by atoms with Crippen LogP contribution in [0.4, 0.5) is 0 Å². The monoisotopic (exact) mass is 168 g/mol. The van der Waals surface area contributed by atoms with E-state index < -0.39 is 6.10 Å². The molecule has 0 saturated carbocycles. The largest absolute Gasteiger partial charge is 0.487 e. The highest BCUT2D eigenvalue weighted by molar-refractivity contribution is 5.75. The molecule has 1 aliphatic heterocycles. The summed E-state index contributed by atoms with van der Waals surface area (Å²) < 4.78 is 9.86. The van der Waals surface area contributed by atoms with Crippen LogP contribution in [0.25, 0.3) is 0 Å². The molecule has 1 aliphatic rings. The van der Waals surface area contributed by atoms with Crippen LogP contribution in [-0.2, 0) is 14.3 Å². The molecule has 0 amide bonds. The Bertz CT molecular complexity index is 196. The van der Waals surface area contributed by atoms with Gasteiger partial charge in [-0.05, 0) is 18.9 Å². The van der Waals surface area contributed by atoms with Gasteiger partial charge in [-0.1, -0.05) is 12.7 Å². The molecule has 0 radical (unpaired) electrons. The smallest absolute Gasteiger partial charge is 0.347 e. The van der Waals surface area contributed by atoms with E-state index in [0.717, 1.165) is 6.42 Å². The number of hydrogen-bond acceptors (Lipinski definition) is 3. The van der Waals surface area contributed by atoms with Crippen LogP contribution in [0, 0.1) is 0 Å². The molecule has 1 heterocycles. The van der Waals surface area contributed by atoms with Gasteiger partial charge in [0, 0.05) is 0 Å². The molecule has 0 fully saturated rings. The minimum atomic E-state index is -0.421. The van der Waals surface area contributed by atoms with Crippen molar-refractivity contribution in [3.8, 4) is 0 Å². The summed E-state index contributed by atoms with van der Waals surface area (Å²) >= 11 is 0. The molecule has 0 saturated heterocycles. The van der Waals surface area contributed by atoms with E-state index in [9.17, 15) is 4.79 Å². The molecule has 0 bridgehead atoms. The van der Waals surface area contributed by atoms with Crippen LogP contribution in [0.5, 0.6) is 0 Å². The molecule has 12 heavy (non-hydrogen) atoms. The molecule has 0 N–H and O–H groups in total. The Morgan fingerprint density at radius 3 is 3.25 bits per heavy atom. The molecule has 0 aromatic heterocycles. The van der Waals surface area contributed by atoms with Crippen LogP contribution in [0.3, 0.4) is 0 Å². The summed E-state index contributed by atoms with van der Waals surface area (Å²) in [7, 11) is 0. The summed E-state index contributed by atoms with van der Waals surface area (Å²) in [5.74, 6) is -0.306.